The number of nitrogens with zero attached hydrogens (tertiary/aromatic N) is 1. The van der Waals surface area contributed by atoms with E-state index in [-0.39, 0.29) is 5.78 Å². The second-order valence-corrected chi connectivity index (χ2v) is 7.05. The molecule has 26 heavy (non-hydrogen) atoms. The van der Waals surface area contributed by atoms with Gasteiger partial charge in [-0.3, -0.25) is 4.79 Å². The van der Waals surface area contributed by atoms with Crippen LogP contribution in [-0.2, 0) is 6.54 Å². The van der Waals surface area contributed by atoms with Crippen LogP contribution in [-0.4, -0.2) is 16.9 Å². The number of nitrogens with one attached hydrogen (secondary N) is 1. The number of Topliss-reactive ketones (excluding diaryl/α,β-unsaturated/α-hetero) is 1. The lowest BCUT2D eigenvalue weighted by Gasteiger charge is -2.10. The van der Waals surface area contributed by atoms with Crippen LogP contribution in [0.1, 0.15) is 32.9 Å². The second kappa shape index (κ2) is 7.90. The van der Waals surface area contributed by atoms with E-state index in [4.69, 9.17) is 11.6 Å². The standard InChI is InChI=1S/C22H23ClN2O/c1-15-4-10-20(11-5-15)25-16(2)12-21(17(25)3)22(26)14-24-13-18-6-8-19(23)9-7-18/h4-12,24H,13-14H2,1-3H3. The fourth-order valence-corrected chi connectivity index (χ4v) is 3.28. The molecule has 0 spiro atoms. The van der Waals surface area contributed by atoms with Gasteiger partial charge in [-0.1, -0.05) is 41.4 Å². The van der Waals surface area contributed by atoms with Crippen molar-refractivity contribution in [3.05, 3.63) is 87.7 Å². The molecule has 3 aromatic rings. The molecule has 0 saturated carbocycles. The van der Waals surface area contributed by atoms with Gasteiger partial charge in [-0.15, -0.1) is 0 Å². The van der Waals surface area contributed by atoms with Gasteiger partial charge in [-0.25, -0.2) is 0 Å². The maximum atomic E-state index is 12.7. The maximum absolute atomic E-state index is 12.7. The molecule has 0 fully saturated rings. The summed E-state index contributed by atoms with van der Waals surface area (Å²) >= 11 is 5.89. The summed E-state index contributed by atoms with van der Waals surface area (Å²) in [5.41, 5.74) is 6.22. The van der Waals surface area contributed by atoms with Crippen molar-refractivity contribution < 1.29 is 4.79 Å². The van der Waals surface area contributed by atoms with E-state index >= 15 is 0 Å². The highest BCUT2D eigenvalue weighted by molar-refractivity contribution is 6.30. The molecular formula is C22H23ClN2O. The molecule has 0 aliphatic rings. The predicted octanol–water partition coefficient (Wildman–Crippen LogP) is 5.03. The SMILES string of the molecule is Cc1ccc(-n2c(C)cc(C(=O)CNCc3ccc(Cl)cc3)c2C)cc1. The molecule has 0 atom stereocenters. The lowest BCUT2D eigenvalue weighted by Crippen LogP contribution is -2.23. The second-order valence-electron chi connectivity index (χ2n) is 6.61. The molecule has 2 aromatic carbocycles. The van der Waals surface area contributed by atoms with Gasteiger partial charge in [-0.2, -0.15) is 0 Å². The minimum Gasteiger partial charge on any atom is -0.318 e. The zero-order valence-corrected chi connectivity index (χ0v) is 16.1. The minimum absolute atomic E-state index is 0.102. The Morgan fingerprint density at radius 3 is 2.31 bits per heavy atom. The summed E-state index contributed by atoms with van der Waals surface area (Å²) < 4.78 is 2.13. The average molecular weight is 367 g/mol. The summed E-state index contributed by atoms with van der Waals surface area (Å²) in [7, 11) is 0. The number of rotatable bonds is 6. The van der Waals surface area contributed by atoms with Crippen molar-refractivity contribution in [1.82, 2.24) is 9.88 Å². The van der Waals surface area contributed by atoms with Crippen molar-refractivity contribution >= 4 is 17.4 Å². The van der Waals surface area contributed by atoms with Crippen LogP contribution >= 0.6 is 11.6 Å². The Bertz CT molecular complexity index is 909. The molecular weight excluding hydrogens is 344 g/mol. The molecule has 0 saturated heterocycles. The van der Waals surface area contributed by atoms with Gasteiger partial charge in [0, 0.05) is 34.2 Å². The number of hydrogen-bond donors (Lipinski definition) is 1. The van der Waals surface area contributed by atoms with Crippen LogP contribution in [0.25, 0.3) is 5.69 Å². The highest BCUT2D eigenvalue weighted by Crippen LogP contribution is 2.21. The van der Waals surface area contributed by atoms with Crippen LogP contribution in [0.2, 0.25) is 5.02 Å². The molecule has 0 aliphatic carbocycles. The van der Waals surface area contributed by atoms with Crippen molar-refractivity contribution in [3.8, 4) is 5.69 Å². The van der Waals surface area contributed by atoms with Gasteiger partial charge in [0.25, 0.3) is 0 Å². The third kappa shape index (κ3) is 4.06. The van der Waals surface area contributed by atoms with Gasteiger partial charge < -0.3 is 9.88 Å². The van der Waals surface area contributed by atoms with E-state index in [1.54, 1.807) is 0 Å². The van der Waals surface area contributed by atoms with Gasteiger partial charge in [-0.05, 0) is 56.7 Å². The summed E-state index contributed by atoms with van der Waals surface area (Å²) in [6.45, 7) is 7.05. The third-order valence-corrected chi connectivity index (χ3v) is 4.80. The van der Waals surface area contributed by atoms with Gasteiger partial charge in [0.1, 0.15) is 0 Å². The van der Waals surface area contributed by atoms with Gasteiger partial charge in [0.2, 0.25) is 0 Å². The first-order valence-corrected chi connectivity index (χ1v) is 9.08. The molecule has 134 valence electrons. The summed E-state index contributed by atoms with van der Waals surface area (Å²) in [6.07, 6.45) is 0. The van der Waals surface area contributed by atoms with Crippen LogP contribution in [0.15, 0.2) is 54.6 Å². The Hall–Kier alpha value is -2.36. The lowest BCUT2D eigenvalue weighted by atomic mass is 10.1. The van der Waals surface area contributed by atoms with Crippen LogP contribution in [0.5, 0.6) is 0 Å². The van der Waals surface area contributed by atoms with E-state index in [9.17, 15) is 4.79 Å². The number of benzene rings is 2. The molecule has 0 bridgehead atoms. The Kier molecular flexibility index (Phi) is 5.60. The molecule has 0 radical (unpaired) electrons. The van der Waals surface area contributed by atoms with E-state index in [2.05, 4.69) is 41.1 Å². The smallest absolute Gasteiger partial charge is 0.178 e. The number of halogens is 1. The van der Waals surface area contributed by atoms with E-state index in [1.807, 2.05) is 44.2 Å². The first kappa shape index (κ1) is 18.4. The first-order valence-electron chi connectivity index (χ1n) is 8.70. The van der Waals surface area contributed by atoms with Gasteiger partial charge in [0.05, 0.1) is 6.54 Å². The molecule has 0 amide bonds. The van der Waals surface area contributed by atoms with Crippen LogP contribution in [0.4, 0.5) is 0 Å². The molecule has 3 rings (SSSR count). The highest BCUT2D eigenvalue weighted by atomic mass is 35.5. The Balaban J connectivity index is 1.70. The van der Waals surface area contributed by atoms with E-state index in [1.165, 1.54) is 5.56 Å². The summed E-state index contributed by atoms with van der Waals surface area (Å²) in [5, 5.41) is 3.94. The average Bonchev–Trinajstić information content (AvgIpc) is 2.92. The lowest BCUT2D eigenvalue weighted by molar-refractivity contribution is 0.0990. The summed E-state index contributed by atoms with van der Waals surface area (Å²) in [5.74, 6) is 0.102. The molecule has 0 unspecified atom stereocenters. The Morgan fingerprint density at radius 1 is 1.00 bits per heavy atom. The number of hydrogen-bond acceptors (Lipinski definition) is 2. The fourth-order valence-electron chi connectivity index (χ4n) is 3.15. The van der Waals surface area contributed by atoms with Crippen LogP contribution < -0.4 is 5.32 Å². The van der Waals surface area contributed by atoms with Crippen LogP contribution in [0, 0.1) is 20.8 Å². The zero-order valence-electron chi connectivity index (χ0n) is 15.3. The van der Waals surface area contributed by atoms with Crippen molar-refractivity contribution in [2.75, 3.05) is 6.54 Å². The summed E-state index contributed by atoms with van der Waals surface area (Å²) in [6, 6.07) is 18.0. The van der Waals surface area contributed by atoms with Gasteiger partial charge >= 0.3 is 0 Å². The van der Waals surface area contributed by atoms with Crippen molar-refractivity contribution in [2.45, 2.75) is 27.3 Å². The molecule has 0 aliphatic heterocycles. The number of aromatic nitrogens is 1. The minimum atomic E-state index is 0.102. The van der Waals surface area contributed by atoms with E-state index < -0.39 is 0 Å². The van der Waals surface area contributed by atoms with E-state index in [0.29, 0.717) is 18.1 Å². The fraction of sp³-hybridized carbons (Fsp3) is 0.227. The molecule has 1 N–H and O–H groups in total. The molecule has 1 aromatic heterocycles. The normalized spacial score (nSPS) is 10.9. The predicted molar refractivity (Wildman–Crippen MR) is 107 cm³/mol. The van der Waals surface area contributed by atoms with E-state index in [0.717, 1.165) is 28.2 Å². The number of carbonyl (C=O) groups is 1. The molecule has 3 nitrogen and oxygen atoms in total. The van der Waals surface area contributed by atoms with Crippen LogP contribution in [0.3, 0.4) is 0 Å². The van der Waals surface area contributed by atoms with Gasteiger partial charge in [0.15, 0.2) is 5.78 Å². The highest BCUT2D eigenvalue weighted by Gasteiger charge is 2.16. The molecule has 4 heteroatoms. The number of carbonyl (C=O) groups excluding carboxylic acids is 1. The Labute approximate surface area is 159 Å². The Morgan fingerprint density at radius 2 is 1.65 bits per heavy atom. The maximum Gasteiger partial charge on any atom is 0.178 e. The van der Waals surface area contributed by atoms with Crippen molar-refractivity contribution in [3.63, 3.8) is 0 Å². The number of aryl methyl sites for hydroxylation is 2. The third-order valence-electron chi connectivity index (χ3n) is 4.55. The largest absolute Gasteiger partial charge is 0.318 e. The number of ketones is 1. The topological polar surface area (TPSA) is 34.0 Å². The monoisotopic (exact) mass is 366 g/mol. The molecule has 1 heterocycles. The first-order chi connectivity index (χ1) is 12.5. The van der Waals surface area contributed by atoms with Crippen molar-refractivity contribution in [1.29, 1.82) is 0 Å². The van der Waals surface area contributed by atoms with Crippen molar-refractivity contribution in [2.24, 2.45) is 0 Å². The zero-order chi connectivity index (χ0) is 18.7. The quantitative estimate of drug-likeness (QED) is 0.621. The summed E-state index contributed by atoms with van der Waals surface area (Å²) in [4.78, 5) is 12.7.